The lowest BCUT2D eigenvalue weighted by atomic mass is 10.3. The molecule has 0 aliphatic carbocycles. The van der Waals surface area contributed by atoms with Crippen LogP contribution in [0.2, 0.25) is 0 Å². The van der Waals surface area contributed by atoms with Crippen LogP contribution in [-0.2, 0) is 6.42 Å². The number of nitrogen functional groups attached to an aromatic ring is 1. The molecule has 19 heavy (non-hydrogen) atoms. The Hall–Kier alpha value is -2.57. The molecule has 0 saturated heterocycles. The van der Waals surface area contributed by atoms with E-state index in [9.17, 15) is 0 Å². The summed E-state index contributed by atoms with van der Waals surface area (Å²) in [5.74, 6) is 0.878. The van der Waals surface area contributed by atoms with Crippen molar-refractivity contribution in [3.8, 4) is 0 Å². The summed E-state index contributed by atoms with van der Waals surface area (Å²) in [5, 5.41) is 9.74. The fraction of sp³-hybridized carbons (Fsp3) is 0.250. The van der Waals surface area contributed by atoms with Gasteiger partial charge in [0, 0.05) is 13.0 Å². The molecule has 0 unspecified atom stereocenters. The molecule has 0 amide bonds. The van der Waals surface area contributed by atoms with E-state index in [1.54, 1.807) is 6.07 Å². The maximum absolute atomic E-state index is 5.82. The first kappa shape index (κ1) is 11.5. The summed E-state index contributed by atoms with van der Waals surface area (Å²) in [5.41, 5.74) is 7.83. The van der Waals surface area contributed by atoms with E-state index in [1.807, 2.05) is 12.1 Å². The molecule has 0 atom stereocenters. The van der Waals surface area contributed by atoms with Crippen LogP contribution in [0.5, 0.6) is 0 Å². The molecular weight excluding hydrogens is 244 g/mol. The molecule has 0 aliphatic heterocycles. The minimum Gasteiger partial charge on any atom is -0.423 e. The predicted octanol–water partition coefficient (Wildman–Crippen LogP) is 1.57. The molecular formula is C12H14N6O. The number of aryl methyl sites for hydroxylation is 1. The first-order valence-electron chi connectivity index (χ1n) is 6.06. The first-order valence-corrected chi connectivity index (χ1v) is 6.06. The highest BCUT2D eigenvalue weighted by Crippen LogP contribution is 2.23. The summed E-state index contributed by atoms with van der Waals surface area (Å²) in [6, 6.07) is 5.98. The van der Waals surface area contributed by atoms with Crippen LogP contribution >= 0.6 is 0 Å². The fourth-order valence-electron chi connectivity index (χ4n) is 1.85. The van der Waals surface area contributed by atoms with Crippen molar-refractivity contribution in [1.29, 1.82) is 0 Å². The summed E-state index contributed by atoms with van der Waals surface area (Å²) < 4.78 is 5.55. The van der Waals surface area contributed by atoms with E-state index in [0.717, 1.165) is 25.2 Å². The summed E-state index contributed by atoms with van der Waals surface area (Å²) in [7, 11) is 0. The highest BCUT2D eigenvalue weighted by molar-refractivity contribution is 5.86. The number of fused-ring (bicyclic) bond motifs is 1. The van der Waals surface area contributed by atoms with Crippen LogP contribution in [0, 0.1) is 0 Å². The van der Waals surface area contributed by atoms with Gasteiger partial charge in [-0.1, -0.05) is 6.07 Å². The van der Waals surface area contributed by atoms with Gasteiger partial charge in [-0.15, -0.1) is 0 Å². The molecule has 3 aromatic rings. The summed E-state index contributed by atoms with van der Waals surface area (Å²) in [4.78, 5) is 8.37. The monoisotopic (exact) mass is 258 g/mol. The lowest BCUT2D eigenvalue weighted by molar-refractivity contribution is 0.611. The molecule has 2 heterocycles. The largest absolute Gasteiger partial charge is 0.423 e. The molecule has 2 aromatic heterocycles. The van der Waals surface area contributed by atoms with Crippen molar-refractivity contribution >= 4 is 22.8 Å². The van der Waals surface area contributed by atoms with Crippen LogP contribution in [0.25, 0.3) is 11.1 Å². The van der Waals surface area contributed by atoms with Crippen molar-refractivity contribution in [1.82, 2.24) is 20.2 Å². The van der Waals surface area contributed by atoms with Gasteiger partial charge in [0.15, 0.2) is 5.58 Å². The van der Waals surface area contributed by atoms with E-state index in [1.165, 1.54) is 6.33 Å². The van der Waals surface area contributed by atoms with Gasteiger partial charge < -0.3 is 15.5 Å². The number of nitrogens with zero attached hydrogens (tertiary/aromatic N) is 3. The molecule has 0 fully saturated rings. The van der Waals surface area contributed by atoms with Gasteiger partial charge in [-0.25, -0.2) is 4.98 Å². The van der Waals surface area contributed by atoms with Gasteiger partial charge in [0.1, 0.15) is 17.7 Å². The van der Waals surface area contributed by atoms with Crippen molar-refractivity contribution in [2.24, 2.45) is 0 Å². The smallest absolute Gasteiger partial charge is 0.295 e. The predicted molar refractivity (Wildman–Crippen MR) is 71.6 cm³/mol. The fourth-order valence-corrected chi connectivity index (χ4v) is 1.85. The molecule has 0 spiro atoms. The van der Waals surface area contributed by atoms with E-state index in [0.29, 0.717) is 22.8 Å². The number of anilines is 2. The van der Waals surface area contributed by atoms with Crippen LogP contribution < -0.4 is 11.1 Å². The molecule has 0 radical (unpaired) electrons. The number of nitrogens with two attached hydrogens (primary N) is 1. The van der Waals surface area contributed by atoms with E-state index >= 15 is 0 Å². The van der Waals surface area contributed by atoms with Gasteiger partial charge >= 0.3 is 0 Å². The average Bonchev–Trinajstić information content (AvgIpc) is 3.04. The third-order valence-electron chi connectivity index (χ3n) is 2.78. The lowest BCUT2D eigenvalue weighted by Crippen LogP contribution is -2.03. The zero-order chi connectivity index (χ0) is 13.1. The number of aromatic nitrogens is 4. The molecule has 4 N–H and O–H groups in total. The number of nitrogens with one attached hydrogen (secondary N) is 2. The molecule has 0 aliphatic rings. The Balaban J connectivity index is 1.58. The standard InChI is InChI=1S/C12H14N6O/c13-8-3-1-4-9-11(8)17-12(19-9)14-6-2-5-10-15-7-16-18-10/h1,3-4,7H,2,5-6,13H2,(H,14,17)(H,15,16,18). The lowest BCUT2D eigenvalue weighted by Gasteiger charge is -1.99. The molecule has 98 valence electrons. The van der Waals surface area contributed by atoms with Gasteiger partial charge in [-0.05, 0) is 18.6 Å². The van der Waals surface area contributed by atoms with Crippen LogP contribution in [-0.4, -0.2) is 26.7 Å². The van der Waals surface area contributed by atoms with Gasteiger partial charge in [0.05, 0.1) is 5.69 Å². The Labute approximate surface area is 109 Å². The van der Waals surface area contributed by atoms with E-state index in [4.69, 9.17) is 10.2 Å². The number of oxazole rings is 1. The number of benzene rings is 1. The molecule has 0 saturated carbocycles. The Morgan fingerprint density at radius 2 is 2.32 bits per heavy atom. The second kappa shape index (κ2) is 4.97. The van der Waals surface area contributed by atoms with Crippen molar-refractivity contribution in [2.45, 2.75) is 12.8 Å². The van der Waals surface area contributed by atoms with E-state index in [2.05, 4.69) is 25.5 Å². The Kier molecular flexibility index (Phi) is 3.01. The van der Waals surface area contributed by atoms with Gasteiger partial charge in [-0.3, -0.25) is 5.10 Å². The Morgan fingerprint density at radius 1 is 1.37 bits per heavy atom. The van der Waals surface area contributed by atoms with Crippen LogP contribution in [0.4, 0.5) is 11.7 Å². The summed E-state index contributed by atoms with van der Waals surface area (Å²) in [6.45, 7) is 0.743. The second-order valence-electron chi connectivity index (χ2n) is 4.18. The maximum atomic E-state index is 5.82. The topological polar surface area (TPSA) is 106 Å². The summed E-state index contributed by atoms with van der Waals surface area (Å²) in [6.07, 6.45) is 3.24. The van der Waals surface area contributed by atoms with Gasteiger partial charge in [-0.2, -0.15) is 10.1 Å². The number of H-pyrrole nitrogens is 1. The highest BCUT2D eigenvalue weighted by Gasteiger charge is 2.07. The third-order valence-corrected chi connectivity index (χ3v) is 2.78. The number of para-hydroxylation sites is 1. The molecule has 7 heteroatoms. The number of aromatic amines is 1. The third kappa shape index (κ3) is 2.49. The zero-order valence-corrected chi connectivity index (χ0v) is 10.3. The van der Waals surface area contributed by atoms with Crippen molar-refractivity contribution < 1.29 is 4.42 Å². The molecule has 7 nitrogen and oxygen atoms in total. The van der Waals surface area contributed by atoms with Crippen molar-refractivity contribution in [3.05, 3.63) is 30.4 Å². The quantitative estimate of drug-likeness (QED) is 0.474. The second-order valence-corrected chi connectivity index (χ2v) is 4.18. The number of hydrogen-bond acceptors (Lipinski definition) is 6. The maximum Gasteiger partial charge on any atom is 0.295 e. The average molecular weight is 258 g/mol. The number of rotatable bonds is 5. The highest BCUT2D eigenvalue weighted by atomic mass is 16.4. The van der Waals surface area contributed by atoms with E-state index in [-0.39, 0.29) is 0 Å². The minimum absolute atomic E-state index is 0.491. The molecule has 0 bridgehead atoms. The van der Waals surface area contributed by atoms with Gasteiger partial charge in [0.25, 0.3) is 6.01 Å². The summed E-state index contributed by atoms with van der Waals surface area (Å²) >= 11 is 0. The Bertz CT molecular complexity index is 660. The van der Waals surface area contributed by atoms with Crippen LogP contribution in [0.1, 0.15) is 12.2 Å². The first-order chi connectivity index (χ1) is 9.33. The van der Waals surface area contributed by atoms with Gasteiger partial charge in [0.2, 0.25) is 0 Å². The van der Waals surface area contributed by atoms with Crippen LogP contribution in [0.15, 0.2) is 28.9 Å². The zero-order valence-electron chi connectivity index (χ0n) is 10.3. The van der Waals surface area contributed by atoms with Crippen molar-refractivity contribution in [3.63, 3.8) is 0 Å². The Morgan fingerprint density at radius 3 is 3.11 bits per heavy atom. The van der Waals surface area contributed by atoms with Crippen molar-refractivity contribution in [2.75, 3.05) is 17.6 Å². The SMILES string of the molecule is Nc1cccc2oc(NCCCc3ncn[nH]3)nc12. The normalized spacial score (nSPS) is 10.9. The van der Waals surface area contributed by atoms with E-state index < -0.39 is 0 Å². The molecule has 1 aromatic carbocycles. The number of hydrogen-bond donors (Lipinski definition) is 3. The molecule has 3 rings (SSSR count). The minimum atomic E-state index is 0.491. The van der Waals surface area contributed by atoms with Crippen LogP contribution in [0.3, 0.4) is 0 Å².